The van der Waals surface area contributed by atoms with Gasteiger partial charge < -0.3 is 0 Å². The van der Waals surface area contributed by atoms with E-state index in [1.807, 2.05) is 30.5 Å². The molecule has 4 nitrogen and oxygen atoms in total. The number of nitrogens with one attached hydrogen (secondary N) is 1. The summed E-state index contributed by atoms with van der Waals surface area (Å²) in [5.74, 6) is -0.132. The van der Waals surface area contributed by atoms with Gasteiger partial charge in [0.15, 0.2) is 5.13 Å². The van der Waals surface area contributed by atoms with Crippen LogP contribution in [0.1, 0.15) is 33.7 Å². The van der Waals surface area contributed by atoms with Crippen LogP contribution in [0.4, 0.5) is 5.13 Å². The highest BCUT2D eigenvalue weighted by Gasteiger charge is 2.24. The largest absolute Gasteiger partial charge is 0.298 e. The van der Waals surface area contributed by atoms with Crippen molar-refractivity contribution in [3.05, 3.63) is 51.1 Å². The van der Waals surface area contributed by atoms with Crippen molar-refractivity contribution in [2.45, 2.75) is 26.2 Å². The maximum atomic E-state index is 12.9. The van der Waals surface area contributed by atoms with E-state index in [-0.39, 0.29) is 5.91 Å². The molecule has 4 rings (SSSR count). The van der Waals surface area contributed by atoms with Gasteiger partial charge in [-0.2, -0.15) is 0 Å². The van der Waals surface area contributed by atoms with Gasteiger partial charge in [-0.3, -0.25) is 15.1 Å². The number of aryl methyl sites for hydroxylation is 2. The number of aromatic nitrogens is 2. The van der Waals surface area contributed by atoms with Crippen LogP contribution < -0.4 is 5.32 Å². The number of hydrogen-bond acceptors (Lipinski definition) is 4. The maximum Gasteiger partial charge on any atom is 0.258 e. The molecule has 1 N–H and O–H groups in total. The van der Waals surface area contributed by atoms with Gasteiger partial charge in [-0.1, -0.05) is 11.6 Å². The van der Waals surface area contributed by atoms with Crippen LogP contribution in [0.2, 0.25) is 5.02 Å². The molecule has 3 aromatic rings. The van der Waals surface area contributed by atoms with Crippen LogP contribution in [0, 0.1) is 6.92 Å². The maximum absolute atomic E-state index is 12.9. The van der Waals surface area contributed by atoms with Crippen LogP contribution in [0.15, 0.2) is 23.6 Å². The number of hydrogen-bond donors (Lipinski definition) is 1. The molecule has 0 saturated heterocycles. The lowest BCUT2D eigenvalue weighted by Gasteiger charge is -2.12. The van der Waals surface area contributed by atoms with E-state index < -0.39 is 0 Å². The molecule has 0 unspecified atom stereocenters. The molecule has 1 aliphatic carbocycles. The highest BCUT2D eigenvalue weighted by molar-refractivity contribution is 7.13. The van der Waals surface area contributed by atoms with Gasteiger partial charge in [0.2, 0.25) is 0 Å². The first-order chi connectivity index (χ1) is 11.1. The highest BCUT2D eigenvalue weighted by atomic mass is 35.5. The second kappa shape index (κ2) is 5.58. The molecule has 2 heterocycles. The Kier molecular flexibility index (Phi) is 3.54. The van der Waals surface area contributed by atoms with Crippen LogP contribution in [-0.2, 0) is 12.8 Å². The molecule has 1 amide bonds. The molecule has 0 fully saturated rings. The number of fused-ring (bicyclic) bond motifs is 2. The van der Waals surface area contributed by atoms with E-state index in [1.165, 1.54) is 11.3 Å². The lowest BCUT2D eigenvalue weighted by atomic mass is 10.0. The van der Waals surface area contributed by atoms with Crippen molar-refractivity contribution in [2.24, 2.45) is 0 Å². The molecule has 0 saturated carbocycles. The van der Waals surface area contributed by atoms with Crippen molar-refractivity contribution < 1.29 is 4.79 Å². The van der Waals surface area contributed by atoms with Crippen molar-refractivity contribution in [1.29, 1.82) is 0 Å². The first kappa shape index (κ1) is 14.6. The lowest BCUT2D eigenvalue weighted by Crippen LogP contribution is -2.15. The molecule has 0 atom stereocenters. The van der Waals surface area contributed by atoms with E-state index in [1.54, 1.807) is 0 Å². The number of carbonyl (C=O) groups is 1. The van der Waals surface area contributed by atoms with Gasteiger partial charge in [0.05, 0.1) is 16.8 Å². The van der Waals surface area contributed by atoms with E-state index in [0.717, 1.165) is 47.1 Å². The molecule has 0 spiro atoms. The minimum Gasteiger partial charge on any atom is -0.298 e. The van der Waals surface area contributed by atoms with Crippen molar-refractivity contribution in [1.82, 2.24) is 9.97 Å². The predicted molar refractivity (Wildman–Crippen MR) is 93.6 cm³/mol. The second-order valence-corrected chi connectivity index (χ2v) is 6.97. The monoisotopic (exact) mass is 343 g/mol. The van der Waals surface area contributed by atoms with E-state index in [4.69, 9.17) is 16.6 Å². The van der Waals surface area contributed by atoms with Crippen LogP contribution in [-0.4, -0.2) is 15.9 Å². The Bertz CT molecular complexity index is 935. The summed E-state index contributed by atoms with van der Waals surface area (Å²) in [4.78, 5) is 21.9. The van der Waals surface area contributed by atoms with Gasteiger partial charge in [-0.25, -0.2) is 4.98 Å². The third-order valence-electron chi connectivity index (χ3n) is 4.04. The summed E-state index contributed by atoms with van der Waals surface area (Å²) in [6.45, 7) is 1.91. The van der Waals surface area contributed by atoms with Gasteiger partial charge >= 0.3 is 0 Å². The molecule has 23 heavy (non-hydrogen) atoms. The Labute approximate surface area is 142 Å². The summed E-state index contributed by atoms with van der Waals surface area (Å²) in [5, 5.41) is 6.87. The third kappa shape index (κ3) is 2.60. The molecular weight excluding hydrogens is 330 g/mol. The Hall–Kier alpha value is -1.98. The Morgan fingerprint density at radius 2 is 2.17 bits per heavy atom. The van der Waals surface area contributed by atoms with Crippen molar-refractivity contribution >= 4 is 44.9 Å². The van der Waals surface area contributed by atoms with Crippen LogP contribution >= 0.6 is 22.9 Å². The van der Waals surface area contributed by atoms with Crippen molar-refractivity contribution in [3.8, 4) is 0 Å². The van der Waals surface area contributed by atoms with Gasteiger partial charge in [-0.05, 0) is 49.9 Å². The molecule has 0 aliphatic heterocycles. The van der Waals surface area contributed by atoms with Crippen LogP contribution in [0.25, 0.3) is 10.9 Å². The normalized spacial score (nSPS) is 13.3. The summed E-state index contributed by atoms with van der Waals surface area (Å²) in [6.07, 6.45) is 2.83. The first-order valence-corrected chi connectivity index (χ1v) is 8.72. The topological polar surface area (TPSA) is 54.9 Å². The number of nitrogens with zero attached hydrogens (tertiary/aromatic N) is 2. The van der Waals surface area contributed by atoms with E-state index in [0.29, 0.717) is 15.7 Å². The number of amides is 1. The average Bonchev–Trinajstić information content (AvgIpc) is 3.13. The zero-order valence-electron chi connectivity index (χ0n) is 12.5. The zero-order chi connectivity index (χ0) is 16.0. The molecular formula is C17H14ClN3OS. The fraction of sp³-hybridized carbons (Fsp3) is 0.235. The van der Waals surface area contributed by atoms with Gasteiger partial charge in [0, 0.05) is 21.5 Å². The number of pyridine rings is 1. The van der Waals surface area contributed by atoms with Crippen LogP contribution in [0.3, 0.4) is 0 Å². The minimum atomic E-state index is -0.132. The number of carbonyl (C=O) groups excluding carboxylic acids is 1. The Morgan fingerprint density at radius 1 is 1.30 bits per heavy atom. The standard InChI is InChI=1S/C17H14ClN3OS/c1-9-8-23-17(19-9)21-16(22)15-11-3-2-4-13(11)20-14-6-5-10(18)7-12(14)15/h5-8H,2-4H2,1H3,(H,19,21,22). The van der Waals surface area contributed by atoms with E-state index in [2.05, 4.69) is 10.3 Å². The number of rotatable bonds is 2. The summed E-state index contributed by atoms with van der Waals surface area (Å²) in [7, 11) is 0. The molecule has 1 aliphatic rings. The van der Waals surface area contributed by atoms with Gasteiger partial charge in [0.1, 0.15) is 0 Å². The summed E-state index contributed by atoms with van der Waals surface area (Å²) < 4.78 is 0. The third-order valence-corrected chi connectivity index (χ3v) is 5.15. The highest BCUT2D eigenvalue weighted by Crippen LogP contribution is 2.32. The average molecular weight is 344 g/mol. The molecule has 0 radical (unpaired) electrons. The Balaban J connectivity index is 1.87. The number of anilines is 1. The van der Waals surface area contributed by atoms with Gasteiger partial charge in [0.25, 0.3) is 5.91 Å². The number of thiazole rings is 1. The Morgan fingerprint density at radius 3 is 2.96 bits per heavy atom. The number of halogens is 1. The van der Waals surface area contributed by atoms with Gasteiger partial charge in [-0.15, -0.1) is 11.3 Å². The van der Waals surface area contributed by atoms with Crippen molar-refractivity contribution in [3.63, 3.8) is 0 Å². The van der Waals surface area contributed by atoms with E-state index in [9.17, 15) is 4.79 Å². The summed E-state index contributed by atoms with van der Waals surface area (Å²) in [5.41, 5.74) is 4.48. The number of benzene rings is 1. The van der Waals surface area contributed by atoms with E-state index >= 15 is 0 Å². The smallest absolute Gasteiger partial charge is 0.258 e. The van der Waals surface area contributed by atoms with Crippen molar-refractivity contribution in [2.75, 3.05) is 5.32 Å². The molecule has 0 bridgehead atoms. The summed E-state index contributed by atoms with van der Waals surface area (Å²) >= 11 is 7.57. The zero-order valence-corrected chi connectivity index (χ0v) is 14.1. The molecule has 6 heteroatoms. The fourth-order valence-electron chi connectivity index (χ4n) is 3.06. The molecule has 2 aromatic heterocycles. The lowest BCUT2D eigenvalue weighted by molar-refractivity contribution is 0.102. The quantitative estimate of drug-likeness (QED) is 0.750. The minimum absolute atomic E-state index is 0.132. The first-order valence-electron chi connectivity index (χ1n) is 7.46. The second-order valence-electron chi connectivity index (χ2n) is 5.68. The fourth-order valence-corrected chi connectivity index (χ4v) is 3.92. The SMILES string of the molecule is Cc1csc(NC(=O)c2c3c(nc4ccc(Cl)cc24)CCC3)n1. The molecule has 116 valence electrons. The summed E-state index contributed by atoms with van der Waals surface area (Å²) in [6, 6.07) is 5.51. The molecule has 1 aromatic carbocycles. The van der Waals surface area contributed by atoms with Crippen LogP contribution in [0.5, 0.6) is 0 Å². The predicted octanol–water partition coefficient (Wildman–Crippen LogP) is 4.39.